The van der Waals surface area contributed by atoms with Crippen molar-refractivity contribution in [3.8, 4) is 0 Å². The second-order valence-corrected chi connectivity index (χ2v) is 3.46. The van der Waals surface area contributed by atoms with Crippen LogP contribution in [-0.2, 0) is 13.0 Å². The van der Waals surface area contributed by atoms with E-state index in [1.807, 2.05) is 16.8 Å². The molecule has 0 saturated heterocycles. The number of rotatable bonds is 2. The van der Waals surface area contributed by atoms with Gasteiger partial charge in [-0.05, 0) is 18.4 Å². The highest BCUT2D eigenvalue weighted by molar-refractivity contribution is 5.98. The van der Waals surface area contributed by atoms with Crippen molar-refractivity contribution in [3.63, 3.8) is 0 Å². The standard InChI is InChI=1S/C11H13NO/c1-2-6-12-7-9-4-3-5-11(13)10(9)8-12/h2,7-8H,1,3-6H2. The molecule has 0 radical (unpaired) electrons. The average Bonchev–Trinajstić information content (AvgIpc) is 2.49. The third kappa shape index (κ3) is 1.44. The summed E-state index contributed by atoms with van der Waals surface area (Å²) in [7, 11) is 0. The highest BCUT2D eigenvalue weighted by Crippen LogP contribution is 2.21. The lowest BCUT2D eigenvalue weighted by Gasteiger charge is -2.07. The number of ketones is 1. The van der Waals surface area contributed by atoms with Gasteiger partial charge in [-0.2, -0.15) is 0 Å². The van der Waals surface area contributed by atoms with Gasteiger partial charge < -0.3 is 4.57 Å². The van der Waals surface area contributed by atoms with E-state index in [1.165, 1.54) is 5.56 Å². The van der Waals surface area contributed by atoms with E-state index >= 15 is 0 Å². The number of allylic oxidation sites excluding steroid dienone is 1. The molecule has 2 heteroatoms. The van der Waals surface area contributed by atoms with E-state index in [0.29, 0.717) is 12.2 Å². The molecule has 1 aromatic rings. The predicted molar refractivity (Wildman–Crippen MR) is 51.9 cm³/mol. The van der Waals surface area contributed by atoms with E-state index in [0.717, 1.165) is 24.9 Å². The predicted octanol–water partition coefficient (Wildman–Crippen LogP) is 2.19. The summed E-state index contributed by atoms with van der Waals surface area (Å²) in [6, 6.07) is 0. The summed E-state index contributed by atoms with van der Waals surface area (Å²) in [6.07, 6.45) is 8.61. The van der Waals surface area contributed by atoms with E-state index in [2.05, 4.69) is 12.8 Å². The normalized spacial score (nSPS) is 15.5. The number of Topliss-reactive ketones (excluding diaryl/α,β-unsaturated/α-hetero) is 1. The van der Waals surface area contributed by atoms with Gasteiger partial charge >= 0.3 is 0 Å². The quantitative estimate of drug-likeness (QED) is 0.631. The molecule has 1 aromatic heterocycles. The molecule has 0 bridgehead atoms. The summed E-state index contributed by atoms with van der Waals surface area (Å²) in [5.41, 5.74) is 2.13. The van der Waals surface area contributed by atoms with E-state index in [1.54, 1.807) is 0 Å². The van der Waals surface area contributed by atoms with Crippen molar-refractivity contribution in [2.45, 2.75) is 25.8 Å². The minimum Gasteiger partial charge on any atom is -0.349 e. The van der Waals surface area contributed by atoms with Crippen LogP contribution in [-0.4, -0.2) is 10.4 Å². The zero-order chi connectivity index (χ0) is 9.26. The molecule has 1 heterocycles. The van der Waals surface area contributed by atoms with Crippen LogP contribution in [0.2, 0.25) is 0 Å². The average molecular weight is 175 g/mol. The first-order valence-corrected chi connectivity index (χ1v) is 4.64. The zero-order valence-corrected chi connectivity index (χ0v) is 7.62. The molecule has 13 heavy (non-hydrogen) atoms. The van der Waals surface area contributed by atoms with Gasteiger partial charge in [-0.3, -0.25) is 4.79 Å². The van der Waals surface area contributed by atoms with Gasteiger partial charge in [0.05, 0.1) is 0 Å². The van der Waals surface area contributed by atoms with Crippen molar-refractivity contribution in [2.75, 3.05) is 0 Å². The summed E-state index contributed by atoms with van der Waals surface area (Å²) < 4.78 is 2.03. The van der Waals surface area contributed by atoms with Crippen molar-refractivity contribution in [3.05, 3.63) is 36.2 Å². The largest absolute Gasteiger partial charge is 0.349 e. The van der Waals surface area contributed by atoms with Crippen LogP contribution >= 0.6 is 0 Å². The third-order valence-electron chi connectivity index (χ3n) is 2.45. The number of hydrogen-bond acceptors (Lipinski definition) is 1. The molecular formula is C11H13NO. The van der Waals surface area contributed by atoms with E-state index in [9.17, 15) is 4.79 Å². The molecule has 0 atom stereocenters. The van der Waals surface area contributed by atoms with E-state index in [-0.39, 0.29) is 0 Å². The van der Waals surface area contributed by atoms with Crippen molar-refractivity contribution in [1.82, 2.24) is 4.57 Å². The molecule has 0 spiro atoms. The molecule has 0 aliphatic heterocycles. The summed E-state index contributed by atoms with van der Waals surface area (Å²) in [5, 5.41) is 0. The van der Waals surface area contributed by atoms with Gasteiger partial charge in [0.1, 0.15) is 0 Å². The lowest BCUT2D eigenvalue weighted by molar-refractivity contribution is 0.0973. The van der Waals surface area contributed by atoms with Crippen LogP contribution in [0.5, 0.6) is 0 Å². The number of fused-ring (bicyclic) bond motifs is 1. The minimum atomic E-state index is 0.295. The number of hydrogen-bond donors (Lipinski definition) is 0. The van der Waals surface area contributed by atoms with Gasteiger partial charge in [0.25, 0.3) is 0 Å². The first-order valence-electron chi connectivity index (χ1n) is 4.64. The number of carbonyl (C=O) groups excluding carboxylic acids is 1. The Labute approximate surface area is 77.9 Å². The molecule has 2 nitrogen and oxygen atoms in total. The van der Waals surface area contributed by atoms with Crippen molar-refractivity contribution in [1.29, 1.82) is 0 Å². The SMILES string of the molecule is C=CCn1cc2c(c1)C(=O)CCC2. The van der Waals surface area contributed by atoms with Crippen molar-refractivity contribution >= 4 is 5.78 Å². The Balaban J connectivity index is 2.36. The minimum absolute atomic E-state index is 0.295. The number of carbonyl (C=O) groups is 1. The molecule has 0 aromatic carbocycles. The maximum atomic E-state index is 11.5. The van der Waals surface area contributed by atoms with Crippen LogP contribution in [0, 0.1) is 0 Å². The highest BCUT2D eigenvalue weighted by atomic mass is 16.1. The fourth-order valence-electron chi connectivity index (χ4n) is 1.83. The van der Waals surface area contributed by atoms with Crippen LogP contribution in [0.25, 0.3) is 0 Å². The van der Waals surface area contributed by atoms with E-state index in [4.69, 9.17) is 0 Å². The Morgan fingerprint density at radius 2 is 2.31 bits per heavy atom. The van der Waals surface area contributed by atoms with Crippen LogP contribution in [0.1, 0.15) is 28.8 Å². The van der Waals surface area contributed by atoms with Gasteiger partial charge in [0, 0.05) is 30.9 Å². The molecule has 0 unspecified atom stereocenters. The third-order valence-corrected chi connectivity index (χ3v) is 2.45. The van der Waals surface area contributed by atoms with Gasteiger partial charge in [0.15, 0.2) is 5.78 Å². The Morgan fingerprint density at radius 3 is 3.00 bits per heavy atom. The first kappa shape index (κ1) is 8.30. The molecule has 68 valence electrons. The monoisotopic (exact) mass is 175 g/mol. The van der Waals surface area contributed by atoms with Crippen LogP contribution < -0.4 is 0 Å². The zero-order valence-electron chi connectivity index (χ0n) is 7.62. The van der Waals surface area contributed by atoms with Crippen LogP contribution in [0.15, 0.2) is 25.0 Å². The van der Waals surface area contributed by atoms with Gasteiger partial charge in [-0.1, -0.05) is 6.08 Å². The molecule has 1 aliphatic rings. The number of aryl methyl sites for hydroxylation is 1. The molecule has 1 aliphatic carbocycles. The molecule has 2 rings (SSSR count). The first-order chi connectivity index (χ1) is 6.31. The molecule has 0 N–H and O–H groups in total. The lowest BCUT2D eigenvalue weighted by atomic mass is 9.95. The van der Waals surface area contributed by atoms with Gasteiger partial charge in [0.2, 0.25) is 0 Å². The van der Waals surface area contributed by atoms with Crippen molar-refractivity contribution in [2.24, 2.45) is 0 Å². The number of nitrogens with zero attached hydrogens (tertiary/aromatic N) is 1. The summed E-state index contributed by atoms with van der Waals surface area (Å²) in [4.78, 5) is 11.5. The Kier molecular flexibility index (Phi) is 2.05. The summed E-state index contributed by atoms with van der Waals surface area (Å²) in [5.74, 6) is 0.295. The Morgan fingerprint density at radius 1 is 1.46 bits per heavy atom. The molecule has 0 saturated carbocycles. The molecule has 0 fully saturated rings. The van der Waals surface area contributed by atoms with Gasteiger partial charge in [-0.15, -0.1) is 6.58 Å². The Hall–Kier alpha value is -1.31. The lowest BCUT2D eigenvalue weighted by Crippen LogP contribution is -2.07. The summed E-state index contributed by atoms with van der Waals surface area (Å²) >= 11 is 0. The van der Waals surface area contributed by atoms with Crippen LogP contribution in [0.3, 0.4) is 0 Å². The van der Waals surface area contributed by atoms with Crippen LogP contribution in [0.4, 0.5) is 0 Å². The second-order valence-electron chi connectivity index (χ2n) is 3.46. The van der Waals surface area contributed by atoms with E-state index < -0.39 is 0 Å². The molecule has 0 amide bonds. The van der Waals surface area contributed by atoms with Crippen molar-refractivity contribution < 1.29 is 4.79 Å². The fourth-order valence-corrected chi connectivity index (χ4v) is 1.83. The topological polar surface area (TPSA) is 22.0 Å². The number of aromatic nitrogens is 1. The summed E-state index contributed by atoms with van der Waals surface area (Å²) in [6.45, 7) is 4.47. The van der Waals surface area contributed by atoms with Gasteiger partial charge in [-0.25, -0.2) is 0 Å². The smallest absolute Gasteiger partial charge is 0.164 e. The maximum absolute atomic E-state index is 11.5. The maximum Gasteiger partial charge on any atom is 0.164 e. The second kappa shape index (κ2) is 3.21. The highest BCUT2D eigenvalue weighted by Gasteiger charge is 2.18. The Bertz CT molecular complexity index is 349. The fraction of sp³-hybridized carbons (Fsp3) is 0.364. The molecular weight excluding hydrogens is 162 g/mol.